The first-order chi connectivity index (χ1) is 12.8. The number of hydrogen-bond acceptors (Lipinski definition) is 2. The molecular weight excluding hydrogens is 407 g/mol. The highest BCUT2D eigenvalue weighted by Gasteiger charge is 2.40. The van der Waals surface area contributed by atoms with Gasteiger partial charge in [-0.2, -0.15) is 44.6 Å². The maximum atomic E-state index is 13.2. The van der Waals surface area contributed by atoms with Crippen molar-refractivity contribution in [3.63, 3.8) is 0 Å². The van der Waals surface area contributed by atoms with Gasteiger partial charge in [0.2, 0.25) is 5.88 Å². The van der Waals surface area contributed by atoms with Crippen molar-refractivity contribution in [3.05, 3.63) is 41.1 Å². The lowest BCUT2D eigenvalue weighted by Crippen LogP contribution is -2.14. The van der Waals surface area contributed by atoms with Gasteiger partial charge in [-0.1, -0.05) is 0 Å². The molecule has 0 radical (unpaired) electrons. The van der Waals surface area contributed by atoms with E-state index in [2.05, 4.69) is 5.10 Å². The van der Waals surface area contributed by atoms with Crippen LogP contribution < -0.4 is 4.74 Å². The molecule has 2 aromatic rings. The van der Waals surface area contributed by atoms with Crippen molar-refractivity contribution in [3.8, 4) is 11.6 Å². The number of rotatable bonds is 4. The molecule has 154 valence electrons. The highest BCUT2D eigenvalue weighted by molar-refractivity contribution is 5.46. The van der Waals surface area contributed by atoms with Crippen molar-refractivity contribution in [2.75, 3.05) is 6.61 Å². The molecule has 0 saturated heterocycles. The smallest absolute Gasteiger partial charge is 0.423 e. The molecule has 1 saturated carbocycles. The standard InChI is InChI=1S/C16H11F9N2O/c17-14(18,19)9-3-10(15(20,21)22)5-11(4-9)27-13(28-7-8-1-2-8)12(6-26-27)16(23,24)25/h3-6,8H,1-2,7H2. The molecule has 0 amide bonds. The molecule has 0 spiro atoms. The van der Waals surface area contributed by atoms with Gasteiger partial charge in [-0.15, -0.1) is 0 Å². The fourth-order valence-corrected chi connectivity index (χ4v) is 2.40. The molecule has 0 bridgehead atoms. The van der Waals surface area contributed by atoms with Crippen LogP contribution in [0.4, 0.5) is 39.5 Å². The van der Waals surface area contributed by atoms with Gasteiger partial charge in [0.05, 0.1) is 29.6 Å². The van der Waals surface area contributed by atoms with Crippen molar-refractivity contribution >= 4 is 0 Å². The van der Waals surface area contributed by atoms with Crippen LogP contribution in [0.25, 0.3) is 5.69 Å². The van der Waals surface area contributed by atoms with Crippen LogP contribution in [-0.4, -0.2) is 16.4 Å². The van der Waals surface area contributed by atoms with E-state index in [1.54, 1.807) is 0 Å². The zero-order valence-electron chi connectivity index (χ0n) is 13.7. The van der Waals surface area contributed by atoms with Crippen LogP contribution in [0.3, 0.4) is 0 Å². The number of benzene rings is 1. The predicted octanol–water partition coefficient (Wildman–Crippen LogP) is 5.72. The van der Waals surface area contributed by atoms with E-state index in [0.717, 1.165) is 0 Å². The van der Waals surface area contributed by atoms with Crippen molar-refractivity contribution in [2.45, 2.75) is 31.4 Å². The van der Waals surface area contributed by atoms with Crippen LogP contribution in [0.5, 0.6) is 5.88 Å². The van der Waals surface area contributed by atoms with E-state index in [-0.39, 0.29) is 30.7 Å². The maximum absolute atomic E-state index is 13.2. The summed E-state index contributed by atoms with van der Waals surface area (Å²) in [4.78, 5) is 0. The third kappa shape index (κ3) is 4.36. The quantitative estimate of drug-likeness (QED) is 0.594. The van der Waals surface area contributed by atoms with Crippen molar-refractivity contribution < 1.29 is 44.3 Å². The van der Waals surface area contributed by atoms with Gasteiger partial charge in [-0.05, 0) is 37.0 Å². The van der Waals surface area contributed by atoms with Crippen LogP contribution >= 0.6 is 0 Å². The van der Waals surface area contributed by atoms with E-state index >= 15 is 0 Å². The minimum absolute atomic E-state index is 0.0170. The summed E-state index contributed by atoms with van der Waals surface area (Å²) in [7, 11) is 0. The first-order valence-electron chi connectivity index (χ1n) is 7.84. The van der Waals surface area contributed by atoms with E-state index in [1.165, 1.54) is 0 Å². The summed E-state index contributed by atoms with van der Waals surface area (Å²) < 4.78 is 123. The largest absolute Gasteiger partial charge is 0.477 e. The summed E-state index contributed by atoms with van der Waals surface area (Å²) in [6, 6.07) is 0.446. The molecule has 1 aromatic heterocycles. The van der Waals surface area contributed by atoms with E-state index in [9.17, 15) is 39.5 Å². The minimum atomic E-state index is -5.15. The van der Waals surface area contributed by atoms with Gasteiger partial charge in [-0.25, -0.2) is 4.68 Å². The van der Waals surface area contributed by atoms with Crippen LogP contribution in [0.2, 0.25) is 0 Å². The number of hydrogen-bond donors (Lipinski definition) is 0. The number of nitrogens with zero attached hydrogens (tertiary/aromatic N) is 2. The molecule has 1 aliphatic carbocycles. The topological polar surface area (TPSA) is 27.1 Å². The van der Waals surface area contributed by atoms with Crippen LogP contribution in [0.1, 0.15) is 29.5 Å². The fourth-order valence-electron chi connectivity index (χ4n) is 2.40. The van der Waals surface area contributed by atoms with Gasteiger partial charge in [0, 0.05) is 0 Å². The van der Waals surface area contributed by atoms with Crippen molar-refractivity contribution in [2.24, 2.45) is 5.92 Å². The lowest BCUT2D eigenvalue weighted by molar-refractivity contribution is -0.143. The zero-order chi connectivity index (χ0) is 20.9. The molecule has 0 atom stereocenters. The molecule has 1 aliphatic rings. The minimum Gasteiger partial charge on any atom is -0.477 e. The second-order valence-electron chi connectivity index (χ2n) is 6.29. The predicted molar refractivity (Wildman–Crippen MR) is 76.8 cm³/mol. The molecule has 12 heteroatoms. The van der Waals surface area contributed by atoms with Crippen molar-refractivity contribution in [1.29, 1.82) is 0 Å². The molecule has 3 nitrogen and oxygen atoms in total. The van der Waals surface area contributed by atoms with Crippen LogP contribution in [0.15, 0.2) is 24.4 Å². The van der Waals surface area contributed by atoms with Crippen LogP contribution in [-0.2, 0) is 18.5 Å². The number of aromatic nitrogens is 2. The normalized spacial score (nSPS) is 15.8. The Labute approximate surface area is 151 Å². The number of halogens is 9. The molecule has 1 aromatic carbocycles. The van der Waals surface area contributed by atoms with E-state index in [1.807, 2.05) is 0 Å². The highest BCUT2D eigenvalue weighted by Crippen LogP contribution is 2.41. The zero-order valence-corrected chi connectivity index (χ0v) is 13.7. The summed E-state index contributed by atoms with van der Waals surface area (Å²) in [6.45, 7) is -0.153. The number of alkyl halides is 9. The highest BCUT2D eigenvalue weighted by atomic mass is 19.4. The average molecular weight is 418 g/mol. The molecule has 0 N–H and O–H groups in total. The molecule has 1 fully saturated rings. The third-order valence-electron chi connectivity index (χ3n) is 4.00. The Kier molecular flexibility index (Phi) is 4.79. The molecule has 0 unspecified atom stereocenters. The Morgan fingerprint density at radius 3 is 1.82 bits per heavy atom. The lowest BCUT2D eigenvalue weighted by atomic mass is 10.1. The van der Waals surface area contributed by atoms with E-state index in [4.69, 9.17) is 4.74 Å². The molecular formula is C16H11F9N2O. The average Bonchev–Trinajstić information content (AvgIpc) is 3.27. The second-order valence-corrected chi connectivity index (χ2v) is 6.29. The maximum Gasteiger partial charge on any atom is 0.423 e. The Morgan fingerprint density at radius 2 is 1.39 bits per heavy atom. The first kappa shape index (κ1) is 20.3. The Hall–Kier alpha value is -2.40. The molecule has 0 aliphatic heterocycles. The van der Waals surface area contributed by atoms with E-state index in [0.29, 0.717) is 23.7 Å². The Balaban J connectivity index is 2.15. The molecule has 1 heterocycles. The van der Waals surface area contributed by atoms with Gasteiger partial charge in [-0.3, -0.25) is 0 Å². The summed E-state index contributed by atoms with van der Waals surface area (Å²) in [5, 5.41) is 3.33. The Morgan fingerprint density at radius 1 is 0.857 bits per heavy atom. The third-order valence-corrected chi connectivity index (χ3v) is 4.00. The molecule has 28 heavy (non-hydrogen) atoms. The van der Waals surface area contributed by atoms with Gasteiger partial charge >= 0.3 is 18.5 Å². The summed E-state index contributed by atoms with van der Waals surface area (Å²) in [5.74, 6) is -0.969. The fraction of sp³-hybridized carbons (Fsp3) is 0.438. The first-order valence-corrected chi connectivity index (χ1v) is 7.84. The van der Waals surface area contributed by atoms with Gasteiger partial charge in [0.25, 0.3) is 0 Å². The SMILES string of the molecule is FC(F)(F)c1cc(-n2ncc(C(F)(F)F)c2OCC2CC2)cc(C(F)(F)F)c1. The summed E-state index contributed by atoms with van der Waals surface area (Å²) >= 11 is 0. The van der Waals surface area contributed by atoms with Gasteiger partial charge in [0.1, 0.15) is 5.56 Å². The van der Waals surface area contributed by atoms with Crippen LogP contribution in [0, 0.1) is 5.92 Å². The monoisotopic (exact) mass is 418 g/mol. The number of ether oxygens (including phenoxy) is 1. The second kappa shape index (κ2) is 6.59. The Bertz CT molecular complexity index is 828. The van der Waals surface area contributed by atoms with Gasteiger partial charge < -0.3 is 4.74 Å². The molecule has 3 rings (SSSR count). The van der Waals surface area contributed by atoms with E-state index < -0.39 is 46.8 Å². The summed E-state index contributed by atoms with van der Waals surface area (Å²) in [5.41, 5.74) is -5.58. The van der Waals surface area contributed by atoms with Gasteiger partial charge in [0.15, 0.2) is 0 Å². The summed E-state index contributed by atoms with van der Waals surface area (Å²) in [6.07, 6.45) is -13.5. The lowest BCUT2D eigenvalue weighted by Gasteiger charge is -2.16. The van der Waals surface area contributed by atoms with Crippen molar-refractivity contribution in [1.82, 2.24) is 9.78 Å².